The van der Waals surface area contributed by atoms with E-state index in [2.05, 4.69) is 57.0 Å². The number of amides is 2. The van der Waals surface area contributed by atoms with Crippen molar-refractivity contribution >= 4 is 78.9 Å². The molecular weight excluding hydrogens is 608 g/mol. The summed E-state index contributed by atoms with van der Waals surface area (Å²) in [5.74, 6) is -0.0241. The number of nitrogens with zero attached hydrogens (tertiary/aromatic N) is 2. The quantitative estimate of drug-likeness (QED) is 0.146. The van der Waals surface area contributed by atoms with Crippen LogP contribution < -0.4 is 10.6 Å². The van der Waals surface area contributed by atoms with Gasteiger partial charge in [0, 0.05) is 58.1 Å². The molecule has 6 heterocycles. The van der Waals surface area contributed by atoms with E-state index in [0.29, 0.717) is 18.2 Å². The maximum atomic E-state index is 12.5. The predicted molar refractivity (Wildman–Crippen MR) is 189 cm³/mol. The molecule has 9 rings (SSSR count). The van der Waals surface area contributed by atoms with Crippen molar-refractivity contribution in [3.05, 3.63) is 118 Å². The number of aromatic amines is 2. The number of carbonyl (C=O) groups is 2. The third-order valence-electron chi connectivity index (χ3n) is 8.90. The van der Waals surface area contributed by atoms with Gasteiger partial charge in [0.05, 0.1) is 33.5 Å². The SMILES string of the molecule is O=C1NCCCc2nc3c(ccc4c[nH]c(/C=C/c5ccccc5)cc43)c21.O=C1NCCCc2nc3c(ccc4c[nH]c(Cl)cc43)c21. The number of aromatic nitrogens is 4. The molecule has 2 amide bonds. The summed E-state index contributed by atoms with van der Waals surface area (Å²) >= 11 is 6.04. The molecule has 2 aliphatic heterocycles. The first-order valence-electron chi connectivity index (χ1n) is 15.9. The van der Waals surface area contributed by atoms with Gasteiger partial charge < -0.3 is 20.6 Å². The molecule has 0 radical (unpaired) electrons. The number of hydrogen-bond donors (Lipinski definition) is 4. The monoisotopic (exact) mass is 638 g/mol. The number of fused-ring (bicyclic) bond motifs is 10. The number of benzene rings is 3. The maximum Gasteiger partial charge on any atom is 0.253 e. The van der Waals surface area contributed by atoms with Crippen LogP contribution in [0.1, 0.15) is 56.2 Å². The number of carbonyl (C=O) groups excluding carboxylic acids is 2. The Morgan fingerprint density at radius 1 is 0.638 bits per heavy atom. The topological polar surface area (TPSA) is 116 Å². The van der Waals surface area contributed by atoms with E-state index < -0.39 is 0 Å². The van der Waals surface area contributed by atoms with Crippen molar-refractivity contribution in [3.8, 4) is 0 Å². The molecule has 2 aliphatic rings. The second-order valence-electron chi connectivity index (χ2n) is 11.9. The number of hydrogen-bond acceptors (Lipinski definition) is 4. The zero-order valence-electron chi connectivity index (χ0n) is 25.5. The number of rotatable bonds is 2. The molecule has 7 aromatic rings. The zero-order valence-corrected chi connectivity index (χ0v) is 26.2. The van der Waals surface area contributed by atoms with Crippen LogP contribution in [0.25, 0.3) is 55.5 Å². The molecule has 0 fully saturated rings. The van der Waals surface area contributed by atoms with Crippen LogP contribution in [0.15, 0.2) is 79.1 Å². The molecular formula is C38H31ClN6O2. The lowest BCUT2D eigenvalue weighted by molar-refractivity contribution is 0.0949. The molecule has 0 saturated heterocycles. The highest BCUT2D eigenvalue weighted by molar-refractivity contribution is 6.30. The van der Waals surface area contributed by atoms with Gasteiger partial charge in [0.1, 0.15) is 5.15 Å². The van der Waals surface area contributed by atoms with Crippen molar-refractivity contribution in [1.29, 1.82) is 0 Å². The molecule has 0 atom stereocenters. The fourth-order valence-electron chi connectivity index (χ4n) is 6.62. The minimum atomic E-state index is -0.0204. The average molecular weight is 639 g/mol. The normalized spacial score (nSPS) is 14.7. The molecule has 0 bridgehead atoms. The average Bonchev–Trinajstić information content (AvgIpc) is 3.54. The van der Waals surface area contributed by atoms with Gasteiger partial charge >= 0.3 is 0 Å². The number of aryl methyl sites for hydroxylation is 2. The molecule has 9 heteroatoms. The minimum Gasteiger partial charge on any atom is -0.361 e. The lowest BCUT2D eigenvalue weighted by Crippen LogP contribution is -2.22. The molecule has 0 spiro atoms. The van der Waals surface area contributed by atoms with Crippen molar-refractivity contribution in [2.24, 2.45) is 0 Å². The number of pyridine rings is 2. The van der Waals surface area contributed by atoms with E-state index in [1.165, 1.54) is 0 Å². The molecule has 232 valence electrons. The van der Waals surface area contributed by atoms with E-state index in [4.69, 9.17) is 21.6 Å². The smallest absolute Gasteiger partial charge is 0.253 e. The third-order valence-corrected chi connectivity index (χ3v) is 9.12. The Kier molecular flexibility index (Phi) is 7.42. The van der Waals surface area contributed by atoms with Gasteiger partial charge in [-0.15, -0.1) is 0 Å². The Bertz CT molecular complexity index is 2370. The molecule has 0 aliphatic carbocycles. The second-order valence-corrected chi connectivity index (χ2v) is 12.3. The van der Waals surface area contributed by atoms with E-state index in [0.717, 1.165) is 103 Å². The Labute approximate surface area is 275 Å². The molecule has 0 unspecified atom stereocenters. The fourth-order valence-corrected chi connectivity index (χ4v) is 6.78. The van der Waals surface area contributed by atoms with E-state index in [1.54, 1.807) is 0 Å². The van der Waals surface area contributed by atoms with Crippen LogP contribution >= 0.6 is 11.6 Å². The third kappa shape index (κ3) is 5.40. The highest BCUT2D eigenvalue weighted by atomic mass is 35.5. The van der Waals surface area contributed by atoms with Crippen molar-refractivity contribution in [2.45, 2.75) is 25.7 Å². The summed E-state index contributed by atoms with van der Waals surface area (Å²) in [6.07, 6.45) is 11.5. The van der Waals surface area contributed by atoms with Crippen molar-refractivity contribution < 1.29 is 9.59 Å². The van der Waals surface area contributed by atoms with Crippen LogP contribution in [0, 0.1) is 0 Å². The summed E-state index contributed by atoms with van der Waals surface area (Å²) in [5.41, 5.74) is 7.22. The van der Waals surface area contributed by atoms with E-state index in [-0.39, 0.29) is 11.8 Å². The Morgan fingerprint density at radius 2 is 1.21 bits per heavy atom. The van der Waals surface area contributed by atoms with Crippen LogP contribution in [-0.4, -0.2) is 44.8 Å². The van der Waals surface area contributed by atoms with Gasteiger partial charge in [-0.05, 0) is 54.8 Å². The predicted octanol–water partition coefficient (Wildman–Crippen LogP) is 7.61. The minimum absolute atomic E-state index is 0.00367. The summed E-state index contributed by atoms with van der Waals surface area (Å²) in [4.78, 5) is 40.5. The first-order valence-corrected chi connectivity index (χ1v) is 16.2. The van der Waals surface area contributed by atoms with Crippen LogP contribution in [0.4, 0.5) is 0 Å². The van der Waals surface area contributed by atoms with E-state index in [9.17, 15) is 9.59 Å². The first kappa shape index (κ1) is 29.0. The van der Waals surface area contributed by atoms with Gasteiger partial charge in [-0.2, -0.15) is 0 Å². The number of halogens is 1. The molecule has 47 heavy (non-hydrogen) atoms. The molecule has 4 N–H and O–H groups in total. The standard InChI is InChI=1S/C23H19N3O.C15H12ClN3O/c27-23-21-18-11-9-16-14-25-17(10-8-15-5-2-1-3-6-15)13-19(16)22(18)26-20(21)7-4-12-24-23;16-12-6-10-8(7-18-12)3-4-9-13-11(19-14(9)10)2-1-5-17-15(13)20/h1-3,5-6,8-11,13-14,25H,4,7,12H2,(H,24,27);3-4,6-7,18H,1-2,5H2,(H,17,20)/b10-8+;. The Morgan fingerprint density at radius 3 is 1.83 bits per heavy atom. The molecule has 3 aromatic carbocycles. The zero-order chi connectivity index (χ0) is 31.9. The maximum absolute atomic E-state index is 12.5. The van der Waals surface area contributed by atoms with Gasteiger partial charge in [0.15, 0.2) is 0 Å². The molecule has 0 saturated carbocycles. The van der Waals surface area contributed by atoms with Gasteiger partial charge in [0.25, 0.3) is 11.8 Å². The summed E-state index contributed by atoms with van der Waals surface area (Å²) in [6, 6.07) is 22.2. The van der Waals surface area contributed by atoms with Crippen LogP contribution in [0.5, 0.6) is 0 Å². The Balaban J connectivity index is 0.000000144. The summed E-state index contributed by atoms with van der Waals surface area (Å²) in [5, 5.41) is 12.5. The van der Waals surface area contributed by atoms with Gasteiger partial charge in [-0.1, -0.05) is 72.3 Å². The molecule has 8 nitrogen and oxygen atoms in total. The highest BCUT2D eigenvalue weighted by Gasteiger charge is 2.24. The lowest BCUT2D eigenvalue weighted by Gasteiger charge is -2.04. The van der Waals surface area contributed by atoms with Crippen molar-refractivity contribution in [3.63, 3.8) is 0 Å². The van der Waals surface area contributed by atoms with Crippen molar-refractivity contribution in [1.82, 2.24) is 30.6 Å². The summed E-state index contributed by atoms with van der Waals surface area (Å²) in [7, 11) is 0. The fraction of sp³-hybridized carbons (Fsp3) is 0.158. The van der Waals surface area contributed by atoms with E-state index in [1.807, 2.05) is 54.9 Å². The Hall–Kier alpha value is -5.47. The lowest BCUT2D eigenvalue weighted by atomic mass is 10.0. The highest BCUT2D eigenvalue weighted by Crippen LogP contribution is 2.33. The first-order chi connectivity index (χ1) is 23.0. The molecule has 4 aromatic heterocycles. The number of nitrogens with one attached hydrogen (secondary N) is 4. The van der Waals surface area contributed by atoms with Crippen LogP contribution in [0.3, 0.4) is 0 Å². The van der Waals surface area contributed by atoms with Gasteiger partial charge in [-0.3, -0.25) is 19.6 Å². The number of H-pyrrole nitrogens is 2. The second kappa shape index (κ2) is 12.0. The van der Waals surface area contributed by atoms with Crippen LogP contribution in [-0.2, 0) is 12.8 Å². The largest absolute Gasteiger partial charge is 0.361 e. The van der Waals surface area contributed by atoms with E-state index >= 15 is 0 Å². The van der Waals surface area contributed by atoms with Crippen LogP contribution in [0.2, 0.25) is 5.15 Å². The summed E-state index contributed by atoms with van der Waals surface area (Å²) < 4.78 is 0. The van der Waals surface area contributed by atoms with Gasteiger partial charge in [0.2, 0.25) is 0 Å². The van der Waals surface area contributed by atoms with Crippen molar-refractivity contribution in [2.75, 3.05) is 13.1 Å². The van der Waals surface area contributed by atoms with Gasteiger partial charge in [-0.25, -0.2) is 0 Å². The summed E-state index contributed by atoms with van der Waals surface area (Å²) in [6.45, 7) is 1.43.